The van der Waals surface area contributed by atoms with Crippen molar-refractivity contribution in [2.24, 2.45) is 0 Å². The number of halogens is 2. The van der Waals surface area contributed by atoms with Gasteiger partial charge in [0.05, 0.1) is 32.0 Å². The van der Waals surface area contributed by atoms with Crippen LogP contribution in [0.5, 0.6) is 0 Å². The molecule has 0 radical (unpaired) electrons. The Balaban J connectivity index is 2.46. The van der Waals surface area contributed by atoms with Crippen molar-refractivity contribution in [3.05, 3.63) is 31.2 Å². The van der Waals surface area contributed by atoms with Crippen molar-refractivity contribution in [3.8, 4) is 6.07 Å². The van der Waals surface area contributed by atoms with Crippen molar-refractivity contribution in [3.63, 3.8) is 0 Å². The number of nitriles is 1. The minimum Gasteiger partial charge on any atom is -0.593 e. The molecule has 1 N–H and O–H groups in total. The Bertz CT molecular complexity index is 814. The lowest BCUT2D eigenvalue weighted by molar-refractivity contribution is 0.474. The third kappa shape index (κ3) is 3.85. The quantitative estimate of drug-likeness (QED) is 0.613. The predicted molar refractivity (Wildman–Crippen MR) is 102 cm³/mol. The normalized spacial score (nSPS) is 20.0. The van der Waals surface area contributed by atoms with E-state index in [9.17, 15) is 18.2 Å². The first kappa shape index (κ1) is 20.2. The fourth-order valence-corrected chi connectivity index (χ4v) is 7.62. The molecule has 1 aliphatic carbocycles. The van der Waals surface area contributed by atoms with E-state index in [0.29, 0.717) is 27.6 Å². The van der Waals surface area contributed by atoms with Gasteiger partial charge < -0.3 is 4.55 Å². The molecule has 2 atom stereocenters. The fraction of sp³-hybridized carbons (Fsp3) is 0.500. The molecular formula is C14H16BrClN2O3S3. The monoisotopic (exact) mass is 470 g/mol. The summed E-state index contributed by atoms with van der Waals surface area (Å²) in [6.07, 6.45) is 0.653. The Kier molecular flexibility index (Phi) is 5.83. The summed E-state index contributed by atoms with van der Waals surface area (Å²) in [4.78, 5) is 0.912. The SMILES string of the molecule is C=C(C)[S+]([O-])N[C@@](C)(CS(=O)(=O)C1(C#N)CC1)c1sc(Br)cc1Cl. The molecule has 1 saturated carbocycles. The molecule has 5 nitrogen and oxygen atoms in total. The van der Waals surface area contributed by atoms with E-state index < -0.39 is 31.5 Å². The van der Waals surface area contributed by atoms with Crippen molar-refractivity contribution >= 4 is 60.1 Å². The number of nitrogens with one attached hydrogen (secondary N) is 1. The smallest absolute Gasteiger partial charge is 0.171 e. The molecule has 1 aromatic rings. The summed E-state index contributed by atoms with van der Waals surface area (Å²) in [5.74, 6) is -0.376. The first-order valence-electron chi connectivity index (χ1n) is 6.90. The zero-order valence-corrected chi connectivity index (χ0v) is 17.8. The molecule has 0 aliphatic heterocycles. The van der Waals surface area contributed by atoms with Gasteiger partial charge in [0.15, 0.2) is 14.6 Å². The average molecular weight is 472 g/mol. The molecule has 0 spiro atoms. The lowest BCUT2D eigenvalue weighted by atomic mass is 10.1. The van der Waals surface area contributed by atoms with Crippen LogP contribution in [0.25, 0.3) is 0 Å². The lowest BCUT2D eigenvalue weighted by Gasteiger charge is -2.30. The molecule has 10 heteroatoms. The van der Waals surface area contributed by atoms with Gasteiger partial charge in [-0.15, -0.1) is 16.1 Å². The second-order valence-corrected chi connectivity index (χ2v) is 12.6. The van der Waals surface area contributed by atoms with Crippen LogP contribution in [0.4, 0.5) is 0 Å². The number of sulfone groups is 1. The summed E-state index contributed by atoms with van der Waals surface area (Å²) < 4.78 is 40.0. The highest BCUT2D eigenvalue weighted by molar-refractivity contribution is 9.11. The highest BCUT2D eigenvalue weighted by Crippen LogP contribution is 2.47. The number of hydrogen-bond acceptors (Lipinski definition) is 6. The maximum atomic E-state index is 12.8. The summed E-state index contributed by atoms with van der Waals surface area (Å²) in [6.45, 7) is 6.84. The van der Waals surface area contributed by atoms with Crippen molar-refractivity contribution in [1.82, 2.24) is 4.72 Å². The van der Waals surface area contributed by atoms with E-state index in [1.165, 1.54) is 11.3 Å². The number of nitrogens with zero attached hydrogens (tertiary/aromatic N) is 1. The molecule has 0 aromatic carbocycles. The third-order valence-corrected chi connectivity index (χ3v) is 10.0. The Morgan fingerprint density at radius 3 is 2.67 bits per heavy atom. The number of rotatable bonds is 7. The van der Waals surface area contributed by atoms with Crippen LogP contribution in [0.2, 0.25) is 5.02 Å². The predicted octanol–water partition coefficient (Wildman–Crippen LogP) is 3.64. The molecular weight excluding hydrogens is 456 g/mol. The summed E-state index contributed by atoms with van der Waals surface area (Å²) in [5.41, 5.74) is -1.21. The van der Waals surface area contributed by atoms with E-state index in [4.69, 9.17) is 11.6 Å². The van der Waals surface area contributed by atoms with Gasteiger partial charge in [0, 0.05) is 11.8 Å². The Hall–Kier alpha value is -0.0800. The van der Waals surface area contributed by atoms with Gasteiger partial charge in [-0.2, -0.15) is 5.26 Å². The molecule has 24 heavy (non-hydrogen) atoms. The van der Waals surface area contributed by atoms with Crippen LogP contribution in [0.1, 0.15) is 31.6 Å². The van der Waals surface area contributed by atoms with Crippen molar-refractivity contribution in [2.75, 3.05) is 5.75 Å². The topological polar surface area (TPSA) is 93.0 Å². The highest BCUT2D eigenvalue weighted by Gasteiger charge is 2.58. The van der Waals surface area contributed by atoms with E-state index >= 15 is 0 Å². The molecule has 0 amide bonds. The molecule has 1 fully saturated rings. The van der Waals surface area contributed by atoms with Crippen LogP contribution >= 0.6 is 38.9 Å². The molecule has 1 unspecified atom stereocenters. The van der Waals surface area contributed by atoms with Gasteiger partial charge >= 0.3 is 0 Å². The van der Waals surface area contributed by atoms with Gasteiger partial charge in [-0.1, -0.05) is 11.6 Å². The lowest BCUT2D eigenvalue weighted by Crippen LogP contribution is -2.49. The van der Waals surface area contributed by atoms with E-state index in [0.717, 1.165) is 3.79 Å². The van der Waals surface area contributed by atoms with E-state index in [1.54, 1.807) is 19.9 Å². The van der Waals surface area contributed by atoms with Crippen LogP contribution in [-0.4, -0.2) is 23.5 Å². The summed E-state index contributed by atoms with van der Waals surface area (Å²) >= 11 is 9.19. The van der Waals surface area contributed by atoms with E-state index in [1.807, 2.05) is 6.07 Å². The third-order valence-electron chi connectivity index (χ3n) is 3.77. The Morgan fingerprint density at radius 2 is 2.29 bits per heavy atom. The fourth-order valence-electron chi connectivity index (χ4n) is 2.27. The molecule has 2 rings (SSSR count). The van der Waals surface area contributed by atoms with Crippen LogP contribution in [-0.2, 0) is 26.7 Å². The molecule has 0 saturated heterocycles. The van der Waals surface area contributed by atoms with Crippen LogP contribution < -0.4 is 4.72 Å². The van der Waals surface area contributed by atoms with Crippen LogP contribution in [0.15, 0.2) is 21.3 Å². The van der Waals surface area contributed by atoms with E-state index in [-0.39, 0.29) is 5.75 Å². The van der Waals surface area contributed by atoms with E-state index in [2.05, 4.69) is 27.2 Å². The number of hydrogen-bond donors (Lipinski definition) is 1. The largest absolute Gasteiger partial charge is 0.593 e. The summed E-state index contributed by atoms with van der Waals surface area (Å²) in [5, 5.41) is 9.61. The minimum atomic E-state index is -3.74. The number of thiophene rings is 1. The van der Waals surface area contributed by atoms with Gasteiger partial charge in [0.2, 0.25) is 0 Å². The van der Waals surface area contributed by atoms with Gasteiger partial charge in [0.25, 0.3) is 0 Å². The minimum absolute atomic E-state index is 0.327. The van der Waals surface area contributed by atoms with Crippen LogP contribution in [0.3, 0.4) is 0 Å². The van der Waals surface area contributed by atoms with Gasteiger partial charge in [-0.05, 0) is 48.3 Å². The Labute approximate surface area is 162 Å². The van der Waals surface area contributed by atoms with Gasteiger partial charge in [-0.3, -0.25) is 0 Å². The van der Waals surface area contributed by atoms with Crippen molar-refractivity contribution in [2.45, 2.75) is 37.0 Å². The summed E-state index contributed by atoms with van der Waals surface area (Å²) in [6, 6.07) is 3.58. The second kappa shape index (κ2) is 6.91. The molecule has 1 heterocycles. The van der Waals surface area contributed by atoms with Crippen LogP contribution in [0, 0.1) is 11.3 Å². The molecule has 1 aliphatic rings. The second-order valence-electron chi connectivity index (χ2n) is 6.00. The zero-order chi connectivity index (χ0) is 18.3. The standard InChI is InChI=1S/C14H16BrClN2O3S3/c1-9(2)23(19)18-13(3,12-10(16)6-11(15)22-12)8-24(20,21)14(7-17)4-5-14/h6,18H,1,4-5,8H2,2-3H3/t13-,23?/m0/s1. The maximum Gasteiger partial charge on any atom is 0.171 e. The van der Waals surface area contributed by atoms with Crippen molar-refractivity contribution < 1.29 is 13.0 Å². The number of allylic oxidation sites excluding steroid dienone is 1. The summed E-state index contributed by atoms with van der Waals surface area (Å²) in [7, 11) is -3.74. The first-order valence-corrected chi connectivity index (χ1v) is 11.7. The Morgan fingerprint density at radius 1 is 1.71 bits per heavy atom. The first-order chi connectivity index (χ1) is 11.0. The highest BCUT2D eigenvalue weighted by atomic mass is 79.9. The maximum absolute atomic E-state index is 12.8. The van der Waals surface area contributed by atoms with Gasteiger partial charge in [-0.25, -0.2) is 8.42 Å². The zero-order valence-electron chi connectivity index (χ0n) is 13.1. The molecule has 0 bridgehead atoms. The molecule has 1 aromatic heterocycles. The van der Waals surface area contributed by atoms with Gasteiger partial charge in [0.1, 0.15) is 10.4 Å². The average Bonchev–Trinajstić information content (AvgIpc) is 3.18. The van der Waals surface area contributed by atoms with Crippen molar-refractivity contribution in [1.29, 1.82) is 5.26 Å². The molecule has 132 valence electrons.